The molecular formula is C25H27N3O6S. The van der Waals surface area contributed by atoms with Crippen molar-refractivity contribution >= 4 is 33.5 Å². The number of ether oxygens (including phenoxy) is 1. The normalized spacial score (nSPS) is 14.5. The molecule has 0 saturated carbocycles. The lowest BCUT2D eigenvalue weighted by molar-refractivity contribution is -0.138. The molecule has 0 aromatic heterocycles. The van der Waals surface area contributed by atoms with Crippen LogP contribution in [0.15, 0.2) is 53.4 Å². The first-order valence-corrected chi connectivity index (χ1v) is 12.4. The predicted molar refractivity (Wildman–Crippen MR) is 130 cm³/mol. The van der Waals surface area contributed by atoms with E-state index < -0.39 is 21.9 Å². The molecule has 2 aromatic rings. The fraction of sp³-hybridized carbons (Fsp3) is 0.320. The molecule has 0 aliphatic carbocycles. The van der Waals surface area contributed by atoms with E-state index in [1.165, 1.54) is 35.5 Å². The lowest BCUT2D eigenvalue weighted by atomic mass is 9.96. The summed E-state index contributed by atoms with van der Waals surface area (Å²) < 4.78 is 32.3. The summed E-state index contributed by atoms with van der Waals surface area (Å²) in [7, 11) is -1.22. The van der Waals surface area contributed by atoms with Gasteiger partial charge in [-0.15, -0.1) is 6.42 Å². The number of piperidine rings is 1. The van der Waals surface area contributed by atoms with Gasteiger partial charge in [0, 0.05) is 37.3 Å². The van der Waals surface area contributed by atoms with Crippen LogP contribution in [-0.2, 0) is 24.3 Å². The topological polar surface area (TPSA) is 113 Å². The van der Waals surface area contributed by atoms with Crippen molar-refractivity contribution in [3.8, 4) is 12.3 Å². The minimum atomic E-state index is -3.95. The summed E-state index contributed by atoms with van der Waals surface area (Å²) in [6.45, 7) is 0.0878. The molecule has 184 valence electrons. The molecule has 0 atom stereocenters. The monoisotopic (exact) mass is 497 g/mol. The molecule has 0 spiro atoms. The second-order valence-corrected chi connectivity index (χ2v) is 10.0. The predicted octanol–water partition coefficient (Wildman–Crippen LogP) is 1.95. The summed E-state index contributed by atoms with van der Waals surface area (Å²) in [5.74, 6) is 0.742. The number of carbonyl (C=O) groups is 3. The van der Waals surface area contributed by atoms with Gasteiger partial charge in [-0.3, -0.25) is 9.59 Å². The molecule has 1 fully saturated rings. The van der Waals surface area contributed by atoms with Gasteiger partial charge in [0.15, 0.2) is 0 Å². The number of anilines is 1. The van der Waals surface area contributed by atoms with Crippen LogP contribution < -0.4 is 5.32 Å². The first-order valence-electron chi connectivity index (χ1n) is 11.0. The van der Waals surface area contributed by atoms with Gasteiger partial charge in [-0.2, -0.15) is 4.31 Å². The Morgan fingerprint density at radius 1 is 1.14 bits per heavy atom. The molecule has 0 bridgehead atoms. The van der Waals surface area contributed by atoms with Crippen molar-refractivity contribution in [3.05, 3.63) is 59.7 Å². The lowest BCUT2D eigenvalue weighted by Crippen LogP contribution is -2.45. The lowest BCUT2D eigenvalue weighted by Gasteiger charge is -2.32. The van der Waals surface area contributed by atoms with Crippen LogP contribution in [0.25, 0.3) is 0 Å². The van der Waals surface area contributed by atoms with Gasteiger partial charge < -0.3 is 15.0 Å². The van der Waals surface area contributed by atoms with Crippen molar-refractivity contribution in [1.29, 1.82) is 0 Å². The zero-order chi connectivity index (χ0) is 25.6. The van der Waals surface area contributed by atoms with E-state index >= 15 is 0 Å². The first kappa shape index (κ1) is 25.9. The number of nitrogens with one attached hydrogen (secondary N) is 1. The van der Waals surface area contributed by atoms with Gasteiger partial charge in [0.05, 0.1) is 24.1 Å². The third-order valence-electron chi connectivity index (χ3n) is 5.78. The highest BCUT2D eigenvalue weighted by Crippen LogP contribution is 2.27. The number of rotatable bonds is 7. The van der Waals surface area contributed by atoms with E-state index in [0.29, 0.717) is 24.1 Å². The van der Waals surface area contributed by atoms with Crippen LogP contribution in [0.3, 0.4) is 0 Å². The summed E-state index contributed by atoms with van der Waals surface area (Å²) >= 11 is 0. The number of carbonyl (C=O) groups excluding carboxylic acids is 3. The van der Waals surface area contributed by atoms with Crippen LogP contribution in [0.1, 0.15) is 28.8 Å². The highest BCUT2D eigenvalue weighted by Gasteiger charge is 2.35. The summed E-state index contributed by atoms with van der Waals surface area (Å²) in [4.78, 5) is 38.5. The van der Waals surface area contributed by atoms with Crippen molar-refractivity contribution in [2.45, 2.75) is 17.7 Å². The van der Waals surface area contributed by atoms with Crippen LogP contribution in [0, 0.1) is 18.3 Å². The standard InChI is InChI=1S/C25H27N3O6S/c1-4-18-8-7-9-20(16-18)26-23(29)17-27(2)24(30)19-12-14-28(15-13-19)35(32,33)22-11-6-5-10-21(22)25(31)34-3/h1,5-11,16,19H,12-15,17H2,2-3H3,(H,26,29). The van der Waals surface area contributed by atoms with E-state index in [1.54, 1.807) is 36.4 Å². The minimum Gasteiger partial charge on any atom is -0.465 e. The number of hydrogen-bond donors (Lipinski definition) is 1. The Kier molecular flexibility index (Phi) is 8.27. The van der Waals surface area contributed by atoms with Gasteiger partial charge in [-0.25, -0.2) is 13.2 Å². The Labute approximate surface area is 205 Å². The maximum atomic E-state index is 13.2. The molecular weight excluding hydrogens is 470 g/mol. The van der Waals surface area contributed by atoms with Crippen molar-refractivity contribution in [3.63, 3.8) is 0 Å². The highest BCUT2D eigenvalue weighted by molar-refractivity contribution is 7.89. The Morgan fingerprint density at radius 3 is 2.49 bits per heavy atom. The molecule has 0 unspecified atom stereocenters. The molecule has 35 heavy (non-hydrogen) atoms. The van der Waals surface area contributed by atoms with Crippen LogP contribution in [-0.4, -0.2) is 69.2 Å². The molecule has 1 saturated heterocycles. The van der Waals surface area contributed by atoms with Gasteiger partial charge in [-0.1, -0.05) is 24.1 Å². The molecule has 10 heteroatoms. The number of methoxy groups -OCH3 is 1. The maximum Gasteiger partial charge on any atom is 0.339 e. The zero-order valence-corrected chi connectivity index (χ0v) is 20.4. The molecule has 2 aromatic carbocycles. The largest absolute Gasteiger partial charge is 0.465 e. The second-order valence-electron chi connectivity index (χ2n) is 8.13. The van der Waals surface area contributed by atoms with Crippen molar-refractivity contribution in [1.82, 2.24) is 9.21 Å². The third-order valence-corrected chi connectivity index (χ3v) is 7.74. The first-order chi connectivity index (χ1) is 16.7. The molecule has 9 nitrogen and oxygen atoms in total. The van der Waals surface area contributed by atoms with E-state index in [-0.39, 0.29) is 41.9 Å². The van der Waals surface area contributed by atoms with E-state index in [4.69, 9.17) is 11.2 Å². The number of esters is 1. The summed E-state index contributed by atoms with van der Waals surface area (Å²) in [6, 6.07) is 12.7. The second kappa shape index (κ2) is 11.2. The van der Waals surface area contributed by atoms with Gasteiger partial charge in [0.2, 0.25) is 21.8 Å². The van der Waals surface area contributed by atoms with E-state index in [9.17, 15) is 22.8 Å². The fourth-order valence-electron chi connectivity index (χ4n) is 3.94. The average molecular weight is 498 g/mol. The Bertz CT molecular complexity index is 1260. The molecule has 0 radical (unpaired) electrons. The van der Waals surface area contributed by atoms with Crippen molar-refractivity contribution < 1.29 is 27.5 Å². The van der Waals surface area contributed by atoms with E-state index in [1.807, 2.05) is 0 Å². The molecule has 1 heterocycles. The molecule has 2 amide bonds. The Balaban J connectivity index is 1.59. The number of sulfonamides is 1. The number of likely N-dealkylation sites (N-methyl/N-ethyl adjacent to an activating group) is 1. The van der Waals surface area contributed by atoms with Crippen LogP contribution in [0.4, 0.5) is 5.69 Å². The third kappa shape index (κ3) is 6.07. The maximum absolute atomic E-state index is 13.2. The van der Waals surface area contributed by atoms with Crippen molar-refractivity contribution in [2.24, 2.45) is 5.92 Å². The molecule has 1 aliphatic rings. The van der Waals surface area contributed by atoms with Gasteiger partial charge in [0.1, 0.15) is 0 Å². The highest BCUT2D eigenvalue weighted by atomic mass is 32.2. The number of hydrogen-bond acceptors (Lipinski definition) is 6. The molecule has 1 N–H and O–H groups in total. The summed E-state index contributed by atoms with van der Waals surface area (Å²) in [5, 5.41) is 2.72. The summed E-state index contributed by atoms with van der Waals surface area (Å²) in [5.41, 5.74) is 1.13. The smallest absolute Gasteiger partial charge is 0.339 e. The van der Waals surface area contributed by atoms with Crippen LogP contribution >= 0.6 is 0 Å². The number of nitrogens with zero attached hydrogens (tertiary/aromatic N) is 2. The quantitative estimate of drug-likeness (QED) is 0.462. The van der Waals surface area contributed by atoms with E-state index in [0.717, 1.165) is 0 Å². The Morgan fingerprint density at radius 2 is 1.83 bits per heavy atom. The molecule has 1 aliphatic heterocycles. The van der Waals surface area contributed by atoms with E-state index in [2.05, 4.69) is 11.2 Å². The van der Waals surface area contributed by atoms with Crippen LogP contribution in [0.2, 0.25) is 0 Å². The summed E-state index contributed by atoms with van der Waals surface area (Å²) in [6.07, 6.45) is 5.97. The van der Waals surface area contributed by atoms with Gasteiger partial charge in [0.25, 0.3) is 0 Å². The minimum absolute atomic E-state index is 0.0354. The molecule has 3 rings (SSSR count). The van der Waals surface area contributed by atoms with Gasteiger partial charge in [-0.05, 0) is 43.2 Å². The Hall–Kier alpha value is -3.68. The van der Waals surface area contributed by atoms with Gasteiger partial charge >= 0.3 is 5.97 Å². The number of terminal acetylenes is 1. The van der Waals surface area contributed by atoms with Crippen molar-refractivity contribution in [2.75, 3.05) is 39.1 Å². The SMILES string of the molecule is C#Cc1cccc(NC(=O)CN(C)C(=O)C2CCN(S(=O)(=O)c3ccccc3C(=O)OC)CC2)c1. The fourth-order valence-corrected chi connectivity index (χ4v) is 5.59. The van der Waals surface area contributed by atoms with Crippen LogP contribution in [0.5, 0.6) is 0 Å². The average Bonchev–Trinajstić information content (AvgIpc) is 2.87. The number of benzene rings is 2. The zero-order valence-electron chi connectivity index (χ0n) is 19.6. The number of amides is 2.